The van der Waals surface area contributed by atoms with Crippen molar-refractivity contribution in [3.8, 4) is 0 Å². The average molecular weight is 383 g/mol. The number of hydrogen-bond acceptors (Lipinski definition) is 4. The van der Waals surface area contributed by atoms with E-state index < -0.39 is 0 Å². The van der Waals surface area contributed by atoms with E-state index in [0.717, 1.165) is 22.8 Å². The van der Waals surface area contributed by atoms with Gasteiger partial charge in [0, 0.05) is 30.9 Å². The van der Waals surface area contributed by atoms with Gasteiger partial charge in [0.2, 0.25) is 5.91 Å². The number of likely N-dealkylation sites (tertiary alicyclic amines) is 1. The van der Waals surface area contributed by atoms with E-state index in [1.54, 1.807) is 11.3 Å². The Morgan fingerprint density at radius 1 is 1.07 bits per heavy atom. The molecule has 0 unspecified atom stereocenters. The molecule has 0 saturated carbocycles. The van der Waals surface area contributed by atoms with Crippen LogP contribution in [0.1, 0.15) is 42.5 Å². The zero-order valence-corrected chi connectivity index (χ0v) is 16.4. The number of carbonyl (C=O) groups is 1. The Balaban J connectivity index is 1.25. The third-order valence-corrected chi connectivity index (χ3v) is 5.87. The minimum atomic E-state index is 0.00870. The van der Waals surface area contributed by atoms with Crippen LogP contribution >= 0.6 is 11.3 Å². The van der Waals surface area contributed by atoms with Crippen LogP contribution in [0.5, 0.6) is 0 Å². The number of thiazole rings is 1. The summed E-state index contributed by atoms with van der Waals surface area (Å²) in [7, 11) is 0. The second kappa shape index (κ2) is 8.67. The number of carbonyl (C=O) groups excluding carboxylic acids is 1. The van der Waals surface area contributed by atoms with Gasteiger partial charge in [0.05, 0.1) is 12.1 Å². The van der Waals surface area contributed by atoms with Crippen molar-refractivity contribution in [3.05, 3.63) is 58.9 Å². The quantitative estimate of drug-likeness (QED) is 0.708. The molecule has 1 aliphatic heterocycles. The van der Waals surface area contributed by atoms with E-state index in [1.165, 1.54) is 44.3 Å². The van der Waals surface area contributed by atoms with Crippen LogP contribution in [0.25, 0.3) is 4.96 Å². The van der Waals surface area contributed by atoms with E-state index in [9.17, 15) is 4.79 Å². The molecular weight excluding hydrogens is 356 g/mol. The van der Waals surface area contributed by atoms with Gasteiger partial charge < -0.3 is 5.32 Å². The molecule has 0 aliphatic carbocycles. The van der Waals surface area contributed by atoms with Crippen LogP contribution in [0.2, 0.25) is 0 Å². The van der Waals surface area contributed by atoms with Crippen molar-refractivity contribution in [3.63, 3.8) is 0 Å². The van der Waals surface area contributed by atoms with Gasteiger partial charge in [0.25, 0.3) is 0 Å². The van der Waals surface area contributed by atoms with Crippen LogP contribution in [0.15, 0.2) is 42.0 Å². The molecule has 1 aliphatic rings. The standard InChI is InChI=1S/C21H26N4OS/c26-20(13-19-16-25-11-12-27-21(25)23-19)22-14-17-5-7-18(8-6-17)15-24-9-3-1-2-4-10-24/h5-8,11-12,16H,1-4,9-10,13-15H2,(H,22,26). The lowest BCUT2D eigenvalue weighted by Crippen LogP contribution is -2.25. The van der Waals surface area contributed by atoms with Gasteiger partial charge >= 0.3 is 0 Å². The molecule has 0 atom stereocenters. The molecule has 0 bridgehead atoms. The summed E-state index contributed by atoms with van der Waals surface area (Å²) in [6.07, 6.45) is 9.57. The van der Waals surface area contributed by atoms with Gasteiger partial charge in [-0.05, 0) is 37.1 Å². The van der Waals surface area contributed by atoms with E-state index in [2.05, 4.69) is 39.5 Å². The van der Waals surface area contributed by atoms with E-state index in [0.29, 0.717) is 13.0 Å². The van der Waals surface area contributed by atoms with Gasteiger partial charge in [-0.3, -0.25) is 14.1 Å². The third-order valence-electron chi connectivity index (χ3n) is 5.10. The Labute approximate surface area is 164 Å². The number of benzene rings is 1. The van der Waals surface area contributed by atoms with Crippen LogP contribution in [-0.2, 0) is 24.3 Å². The SMILES string of the molecule is O=C(Cc1cn2ccsc2n1)NCc1ccc(CN2CCCCCC2)cc1. The Kier molecular flexibility index (Phi) is 5.84. The summed E-state index contributed by atoms with van der Waals surface area (Å²) in [5, 5.41) is 4.99. The summed E-state index contributed by atoms with van der Waals surface area (Å²) < 4.78 is 1.95. The molecule has 6 heteroatoms. The van der Waals surface area contributed by atoms with E-state index in [1.807, 2.05) is 22.2 Å². The van der Waals surface area contributed by atoms with Gasteiger partial charge in [0.1, 0.15) is 0 Å². The van der Waals surface area contributed by atoms with Crippen molar-refractivity contribution < 1.29 is 4.79 Å². The number of aromatic nitrogens is 2. The lowest BCUT2D eigenvalue weighted by Gasteiger charge is -2.19. The Bertz CT molecular complexity index is 847. The molecule has 142 valence electrons. The Morgan fingerprint density at radius 2 is 1.81 bits per heavy atom. The number of fused-ring (bicyclic) bond motifs is 1. The minimum Gasteiger partial charge on any atom is -0.352 e. The smallest absolute Gasteiger partial charge is 0.226 e. The molecule has 5 nitrogen and oxygen atoms in total. The summed E-state index contributed by atoms with van der Waals surface area (Å²) in [6.45, 7) is 4.02. The molecule has 4 rings (SSSR count). The van der Waals surface area contributed by atoms with E-state index in [-0.39, 0.29) is 5.91 Å². The zero-order chi connectivity index (χ0) is 18.5. The molecule has 2 aromatic heterocycles. The van der Waals surface area contributed by atoms with Gasteiger partial charge in [-0.15, -0.1) is 11.3 Å². The van der Waals surface area contributed by atoms with Gasteiger partial charge in [0.15, 0.2) is 4.96 Å². The summed E-state index contributed by atoms with van der Waals surface area (Å²) in [6, 6.07) is 8.63. The first-order valence-electron chi connectivity index (χ1n) is 9.74. The summed E-state index contributed by atoms with van der Waals surface area (Å²) in [5.41, 5.74) is 3.30. The first kappa shape index (κ1) is 18.2. The van der Waals surface area contributed by atoms with Crippen LogP contribution in [0.3, 0.4) is 0 Å². The highest BCUT2D eigenvalue weighted by Crippen LogP contribution is 2.14. The maximum Gasteiger partial charge on any atom is 0.226 e. The second-order valence-electron chi connectivity index (χ2n) is 7.29. The Morgan fingerprint density at radius 3 is 2.56 bits per heavy atom. The van der Waals surface area contributed by atoms with Gasteiger partial charge in [-0.1, -0.05) is 37.1 Å². The fourth-order valence-corrected chi connectivity index (χ4v) is 4.32. The molecule has 1 aromatic carbocycles. The number of nitrogens with one attached hydrogen (secondary N) is 1. The van der Waals surface area contributed by atoms with Crippen molar-refractivity contribution in [2.75, 3.05) is 13.1 Å². The number of nitrogens with zero attached hydrogens (tertiary/aromatic N) is 3. The molecule has 3 aromatic rings. The van der Waals surface area contributed by atoms with Crippen molar-refractivity contribution >= 4 is 22.2 Å². The number of rotatable bonds is 6. The number of imidazole rings is 1. The van der Waals surface area contributed by atoms with Crippen LogP contribution in [-0.4, -0.2) is 33.3 Å². The lowest BCUT2D eigenvalue weighted by molar-refractivity contribution is -0.120. The molecule has 3 heterocycles. The molecule has 1 amide bonds. The zero-order valence-electron chi connectivity index (χ0n) is 15.6. The molecule has 1 fully saturated rings. The maximum atomic E-state index is 12.2. The van der Waals surface area contributed by atoms with Crippen LogP contribution < -0.4 is 5.32 Å². The summed E-state index contributed by atoms with van der Waals surface area (Å²) in [5.74, 6) is 0.00870. The summed E-state index contributed by atoms with van der Waals surface area (Å²) >= 11 is 1.58. The first-order valence-corrected chi connectivity index (χ1v) is 10.6. The van der Waals surface area contributed by atoms with Crippen LogP contribution in [0, 0.1) is 0 Å². The van der Waals surface area contributed by atoms with Gasteiger partial charge in [-0.25, -0.2) is 4.98 Å². The second-order valence-corrected chi connectivity index (χ2v) is 8.16. The highest BCUT2D eigenvalue weighted by atomic mass is 32.1. The highest BCUT2D eigenvalue weighted by molar-refractivity contribution is 7.15. The average Bonchev–Trinajstić information content (AvgIpc) is 3.15. The first-order chi connectivity index (χ1) is 13.3. The van der Waals surface area contributed by atoms with Crippen molar-refractivity contribution in [2.45, 2.75) is 45.2 Å². The fourth-order valence-electron chi connectivity index (χ4n) is 3.60. The molecule has 0 radical (unpaired) electrons. The predicted molar refractivity (Wildman–Crippen MR) is 109 cm³/mol. The van der Waals surface area contributed by atoms with E-state index in [4.69, 9.17) is 0 Å². The summed E-state index contributed by atoms with van der Waals surface area (Å²) in [4.78, 5) is 20.1. The normalized spacial score (nSPS) is 15.7. The maximum absolute atomic E-state index is 12.2. The molecular formula is C21H26N4OS. The molecule has 1 N–H and O–H groups in total. The number of amides is 1. The lowest BCUT2D eigenvalue weighted by atomic mass is 10.1. The minimum absolute atomic E-state index is 0.00870. The fraction of sp³-hybridized carbons (Fsp3) is 0.429. The Hall–Kier alpha value is -2.18. The van der Waals surface area contributed by atoms with Crippen molar-refractivity contribution in [1.29, 1.82) is 0 Å². The van der Waals surface area contributed by atoms with E-state index >= 15 is 0 Å². The number of hydrogen-bond donors (Lipinski definition) is 1. The van der Waals surface area contributed by atoms with Crippen molar-refractivity contribution in [1.82, 2.24) is 19.6 Å². The molecule has 1 saturated heterocycles. The molecule has 0 spiro atoms. The third kappa shape index (κ3) is 4.96. The largest absolute Gasteiger partial charge is 0.352 e. The van der Waals surface area contributed by atoms with Gasteiger partial charge in [-0.2, -0.15) is 0 Å². The monoisotopic (exact) mass is 382 g/mol. The van der Waals surface area contributed by atoms with Crippen LogP contribution in [0.4, 0.5) is 0 Å². The molecule has 27 heavy (non-hydrogen) atoms. The van der Waals surface area contributed by atoms with Crippen molar-refractivity contribution in [2.24, 2.45) is 0 Å². The highest BCUT2D eigenvalue weighted by Gasteiger charge is 2.10. The predicted octanol–water partition coefficient (Wildman–Crippen LogP) is 3.63. The topological polar surface area (TPSA) is 49.6 Å².